The number of aromatic nitrogens is 1. The van der Waals surface area contributed by atoms with Gasteiger partial charge in [-0.1, -0.05) is 11.3 Å². The Balaban J connectivity index is 1.24. The van der Waals surface area contributed by atoms with Crippen LogP contribution in [-0.4, -0.2) is 42.3 Å². The summed E-state index contributed by atoms with van der Waals surface area (Å²) in [6.45, 7) is 0.943. The first-order valence-electron chi connectivity index (χ1n) is 8.94. The number of carbonyl (C=O) groups is 1. The van der Waals surface area contributed by atoms with E-state index in [4.69, 9.17) is 9.47 Å². The van der Waals surface area contributed by atoms with Crippen LogP contribution in [0.2, 0.25) is 0 Å². The number of urea groups is 1. The van der Waals surface area contributed by atoms with Gasteiger partial charge in [-0.2, -0.15) is 4.31 Å². The number of amides is 2. The second-order valence-corrected chi connectivity index (χ2v) is 10.2. The number of hydrogen-bond acceptors (Lipinski definition) is 7. The summed E-state index contributed by atoms with van der Waals surface area (Å²) >= 11 is 1.31. The molecule has 0 spiro atoms. The van der Waals surface area contributed by atoms with E-state index < -0.39 is 16.1 Å². The molecule has 2 N–H and O–H groups in total. The lowest BCUT2D eigenvalue weighted by Crippen LogP contribution is -2.37. The standard InChI is InChI=1S/C17H18N4O5S2/c22-16(18-10-1-4-13-14(7-10)26-9-25-13)20-17-19-12-5-6-21(8-15(12)27-17)28(23,24)11-2-3-11/h1,4,7,11H,2-3,5-6,8-9H2,(H2,18,19,20,22). The Morgan fingerprint density at radius 2 is 2.04 bits per heavy atom. The first-order chi connectivity index (χ1) is 13.5. The molecule has 3 heterocycles. The highest BCUT2D eigenvalue weighted by Crippen LogP contribution is 2.36. The highest BCUT2D eigenvalue weighted by atomic mass is 32.2. The van der Waals surface area contributed by atoms with Gasteiger partial charge in [0, 0.05) is 36.1 Å². The van der Waals surface area contributed by atoms with Crippen LogP contribution in [0.3, 0.4) is 0 Å². The first kappa shape index (κ1) is 17.7. The SMILES string of the molecule is O=C(Nc1ccc2c(c1)OCO2)Nc1nc2c(s1)CN(S(=O)(=O)C1CC1)CC2. The summed E-state index contributed by atoms with van der Waals surface area (Å²) in [5.74, 6) is 1.23. The third-order valence-electron chi connectivity index (χ3n) is 4.85. The molecule has 2 amide bonds. The third kappa shape index (κ3) is 3.29. The topological polar surface area (TPSA) is 110 Å². The predicted octanol–water partition coefficient (Wildman–Crippen LogP) is 2.37. The van der Waals surface area contributed by atoms with Gasteiger partial charge in [0.2, 0.25) is 16.8 Å². The number of sulfonamides is 1. The van der Waals surface area contributed by atoms with Crippen molar-refractivity contribution in [1.82, 2.24) is 9.29 Å². The van der Waals surface area contributed by atoms with E-state index in [1.165, 1.54) is 11.3 Å². The Morgan fingerprint density at radius 1 is 1.21 bits per heavy atom. The van der Waals surface area contributed by atoms with E-state index in [0.717, 1.165) is 23.4 Å². The normalized spacial score (nSPS) is 18.6. The smallest absolute Gasteiger partial charge is 0.325 e. The molecule has 0 radical (unpaired) electrons. The molecular weight excluding hydrogens is 404 g/mol. The molecule has 3 aliphatic rings. The van der Waals surface area contributed by atoms with Crippen molar-refractivity contribution in [3.8, 4) is 11.5 Å². The molecular formula is C17H18N4O5S2. The molecule has 0 bridgehead atoms. The Hall–Kier alpha value is -2.37. The zero-order valence-electron chi connectivity index (χ0n) is 14.8. The van der Waals surface area contributed by atoms with Crippen LogP contribution in [0.15, 0.2) is 18.2 Å². The predicted molar refractivity (Wildman–Crippen MR) is 103 cm³/mol. The second-order valence-electron chi connectivity index (χ2n) is 6.86. The fourth-order valence-electron chi connectivity index (χ4n) is 3.25. The van der Waals surface area contributed by atoms with Crippen LogP contribution in [0, 0.1) is 0 Å². The van der Waals surface area contributed by atoms with Crippen molar-refractivity contribution in [3.63, 3.8) is 0 Å². The molecule has 1 saturated carbocycles. The molecule has 1 aromatic carbocycles. The average molecular weight is 422 g/mol. The number of hydrogen-bond donors (Lipinski definition) is 2. The highest BCUT2D eigenvalue weighted by Gasteiger charge is 2.41. The monoisotopic (exact) mass is 422 g/mol. The lowest BCUT2D eigenvalue weighted by molar-refractivity contribution is 0.174. The average Bonchev–Trinajstić information content (AvgIpc) is 3.30. The number of nitrogens with zero attached hydrogens (tertiary/aromatic N) is 2. The van der Waals surface area contributed by atoms with Crippen LogP contribution in [0.4, 0.5) is 15.6 Å². The summed E-state index contributed by atoms with van der Waals surface area (Å²) in [5.41, 5.74) is 1.43. The van der Waals surface area contributed by atoms with Crippen LogP contribution in [-0.2, 0) is 23.0 Å². The van der Waals surface area contributed by atoms with Crippen molar-refractivity contribution < 1.29 is 22.7 Å². The molecule has 2 aromatic rings. The summed E-state index contributed by atoms with van der Waals surface area (Å²) in [5, 5.41) is 5.69. The molecule has 2 aliphatic heterocycles. The van der Waals surface area contributed by atoms with E-state index in [9.17, 15) is 13.2 Å². The van der Waals surface area contributed by atoms with Crippen molar-refractivity contribution in [2.75, 3.05) is 24.0 Å². The molecule has 0 unspecified atom stereocenters. The molecule has 28 heavy (non-hydrogen) atoms. The van der Waals surface area contributed by atoms with Crippen molar-refractivity contribution in [2.24, 2.45) is 0 Å². The quantitative estimate of drug-likeness (QED) is 0.783. The van der Waals surface area contributed by atoms with Crippen LogP contribution >= 0.6 is 11.3 Å². The van der Waals surface area contributed by atoms with E-state index >= 15 is 0 Å². The van der Waals surface area contributed by atoms with Gasteiger partial charge in [-0.3, -0.25) is 5.32 Å². The van der Waals surface area contributed by atoms with E-state index in [0.29, 0.717) is 41.8 Å². The molecule has 9 nitrogen and oxygen atoms in total. The Bertz CT molecular complexity index is 1050. The van der Waals surface area contributed by atoms with Crippen LogP contribution in [0.1, 0.15) is 23.4 Å². The van der Waals surface area contributed by atoms with Gasteiger partial charge in [0.15, 0.2) is 16.6 Å². The van der Waals surface area contributed by atoms with E-state index in [-0.39, 0.29) is 12.0 Å². The summed E-state index contributed by atoms with van der Waals surface area (Å²) in [7, 11) is -3.20. The molecule has 1 aliphatic carbocycles. The minimum atomic E-state index is -3.20. The van der Waals surface area contributed by atoms with Gasteiger partial charge in [0.25, 0.3) is 0 Å². The summed E-state index contributed by atoms with van der Waals surface area (Å²) in [6.07, 6.45) is 2.06. The largest absolute Gasteiger partial charge is 0.454 e. The van der Waals surface area contributed by atoms with Gasteiger partial charge in [0.05, 0.1) is 10.9 Å². The number of thiazole rings is 1. The molecule has 1 aromatic heterocycles. The Kier molecular flexibility index (Phi) is 4.18. The van der Waals surface area contributed by atoms with Crippen LogP contribution in [0.25, 0.3) is 0 Å². The fourth-order valence-corrected chi connectivity index (χ4v) is 6.16. The van der Waals surface area contributed by atoms with Gasteiger partial charge >= 0.3 is 6.03 Å². The van der Waals surface area contributed by atoms with E-state index in [1.54, 1.807) is 22.5 Å². The zero-order chi connectivity index (χ0) is 19.3. The van der Waals surface area contributed by atoms with Crippen molar-refractivity contribution in [1.29, 1.82) is 0 Å². The number of ether oxygens (including phenoxy) is 2. The summed E-state index contributed by atoms with van der Waals surface area (Å²) in [4.78, 5) is 17.6. The number of fused-ring (bicyclic) bond motifs is 2. The molecule has 0 atom stereocenters. The van der Waals surface area contributed by atoms with Gasteiger partial charge in [-0.25, -0.2) is 18.2 Å². The summed E-state index contributed by atoms with van der Waals surface area (Å²) < 4.78 is 37.0. The summed E-state index contributed by atoms with van der Waals surface area (Å²) in [6, 6.07) is 4.72. The third-order valence-corrected chi connectivity index (χ3v) is 8.20. The maximum absolute atomic E-state index is 12.4. The lowest BCUT2D eigenvalue weighted by atomic mass is 10.2. The van der Waals surface area contributed by atoms with E-state index in [2.05, 4.69) is 15.6 Å². The first-order valence-corrected chi connectivity index (χ1v) is 11.3. The minimum Gasteiger partial charge on any atom is -0.454 e. The Labute approximate surface area is 165 Å². The maximum atomic E-state index is 12.4. The van der Waals surface area contributed by atoms with Gasteiger partial charge in [-0.15, -0.1) is 0 Å². The number of benzene rings is 1. The zero-order valence-corrected chi connectivity index (χ0v) is 16.4. The molecule has 11 heteroatoms. The van der Waals surface area contributed by atoms with Gasteiger partial charge < -0.3 is 14.8 Å². The number of rotatable bonds is 4. The van der Waals surface area contributed by atoms with Crippen LogP contribution in [0.5, 0.6) is 11.5 Å². The Morgan fingerprint density at radius 3 is 2.86 bits per heavy atom. The van der Waals surface area contributed by atoms with E-state index in [1.807, 2.05) is 0 Å². The van der Waals surface area contributed by atoms with Crippen LogP contribution < -0.4 is 20.1 Å². The highest BCUT2D eigenvalue weighted by molar-refractivity contribution is 7.90. The number of nitrogens with one attached hydrogen (secondary N) is 2. The van der Waals surface area contributed by atoms with Gasteiger partial charge in [0.1, 0.15) is 0 Å². The number of anilines is 2. The maximum Gasteiger partial charge on any atom is 0.325 e. The van der Waals surface area contributed by atoms with Crippen molar-refractivity contribution in [2.45, 2.75) is 31.1 Å². The molecule has 148 valence electrons. The van der Waals surface area contributed by atoms with Crippen molar-refractivity contribution >= 4 is 38.2 Å². The minimum absolute atomic E-state index is 0.170. The molecule has 1 fully saturated rings. The molecule has 0 saturated heterocycles. The second kappa shape index (κ2) is 6.61. The lowest BCUT2D eigenvalue weighted by Gasteiger charge is -2.25. The number of carbonyl (C=O) groups excluding carboxylic acids is 1. The van der Waals surface area contributed by atoms with Crippen molar-refractivity contribution in [3.05, 3.63) is 28.8 Å². The molecule has 5 rings (SSSR count). The fraction of sp³-hybridized carbons (Fsp3) is 0.412. The van der Waals surface area contributed by atoms with Gasteiger partial charge in [-0.05, 0) is 25.0 Å².